The van der Waals surface area contributed by atoms with Crippen molar-refractivity contribution in [3.8, 4) is 11.5 Å². The topological polar surface area (TPSA) is 60.8 Å². The Balaban J connectivity index is 1.90. The number of halogens is 1. The van der Waals surface area contributed by atoms with Crippen LogP contribution in [0.1, 0.15) is 36.0 Å². The Morgan fingerprint density at radius 2 is 1.84 bits per heavy atom. The van der Waals surface area contributed by atoms with Crippen LogP contribution in [0, 0.1) is 0 Å². The summed E-state index contributed by atoms with van der Waals surface area (Å²) in [5, 5.41) is 19.3. The zero-order chi connectivity index (χ0) is 13.6. The van der Waals surface area contributed by atoms with E-state index in [1.807, 2.05) is 4.90 Å². The number of benzene rings is 1. The van der Waals surface area contributed by atoms with Crippen LogP contribution in [0.25, 0.3) is 0 Å². The minimum atomic E-state index is -0.166. The molecule has 5 heteroatoms. The molecule has 1 aromatic carbocycles. The fraction of sp³-hybridized carbons (Fsp3) is 0.500. The Kier molecular flexibility index (Phi) is 3.17. The molecule has 2 aliphatic heterocycles. The number of amides is 1. The summed E-state index contributed by atoms with van der Waals surface area (Å²) in [4.78, 5) is 15.0. The van der Waals surface area contributed by atoms with E-state index in [0.29, 0.717) is 4.83 Å². The fourth-order valence-corrected chi connectivity index (χ4v) is 4.14. The highest BCUT2D eigenvalue weighted by Gasteiger charge is 2.43. The molecule has 102 valence electrons. The van der Waals surface area contributed by atoms with Gasteiger partial charge in [-0.3, -0.25) is 4.79 Å². The van der Waals surface area contributed by atoms with Crippen molar-refractivity contribution in [1.82, 2.24) is 4.90 Å². The number of phenols is 2. The molecule has 2 aliphatic rings. The van der Waals surface area contributed by atoms with Crippen LogP contribution in [0.15, 0.2) is 18.2 Å². The molecular formula is C14H16BrNO3. The van der Waals surface area contributed by atoms with Crippen LogP contribution in [0.4, 0.5) is 0 Å². The first-order valence-electron chi connectivity index (χ1n) is 6.55. The van der Waals surface area contributed by atoms with E-state index in [1.54, 1.807) is 0 Å². The van der Waals surface area contributed by atoms with Crippen molar-refractivity contribution >= 4 is 21.8 Å². The van der Waals surface area contributed by atoms with Crippen LogP contribution in [-0.4, -0.2) is 37.9 Å². The summed E-state index contributed by atoms with van der Waals surface area (Å²) in [5.74, 6) is -0.229. The van der Waals surface area contributed by atoms with Gasteiger partial charge in [0.25, 0.3) is 5.91 Å². The molecule has 0 aromatic heterocycles. The molecule has 1 aromatic rings. The largest absolute Gasteiger partial charge is 0.508 e. The van der Waals surface area contributed by atoms with Crippen LogP contribution >= 0.6 is 15.9 Å². The lowest BCUT2D eigenvalue weighted by atomic mass is 10.0. The summed E-state index contributed by atoms with van der Waals surface area (Å²) < 4.78 is 0. The molecule has 2 N–H and O–H groups in total. The molecule has 0 saturated carbocycles. The van der Waals surface area contributed by atoms with Crippen molar-refractivity contribution in [3.05, 3.63) is 23.8 Å². The standard InChI is InChI=1S/C14H16BrNO3/c15-8-5-9-1-2-10(6-8)16(9)14(19)12-7-11(17)3-4-13(12)18/h3-4,7-10,17-18H,1-2,5-6H2. The Morgan fingerprint density at radius 1 is 1.21 bits per heavy atom. The second-order valence-corrected chi connectivity index (χ2v) is 6.66. The van der Waals surface area contributed by atoms with Gasteiger partial charge in [-0.1, -0.05) is 15.9 Å². The quantitative estimate of drug-likeness (QED) is 0.616. The summed E-state index contributed by atoms with van der Waals surface area (Å²) >= 11 is 3.64. The summed E-state index contributed by atoms with van der Waals surface area (Å²) in [5.41, 5.74) is 0.199. The van der Waals surface area contributed by atoms with Crippen LogP contribution in [0.5, 0.6) is 11.5 Å². The van der Waals surface area contributed by atoms with Gasteiger partial charge >= 0.3 is 0 Å². The predicted octanol–water partition coefficient (Wildman–Crippen LogP) is 2.63. The number of hydrogen-bond donors (Lipinski definition) is 2. The lowest BCUT2D eigenvalue weighted by Crippen LogP contribution is -2.46. The number of aromatic hydroxyl groups is 2. The average molecular weight is 326 g/mol. The molecule has 2 unspecified atom stereocenters. The minimum absolute atomic E-state index is 0.00359. The molecule has 2 fully saturated rings. The highest BCUT2D eigenvalue weighted by atomic mass is 79.9. The number of carbonyl (C=O) groups excluding carboxylic acids is 1. The summed E-state index contributed by atoms with van der Waals surface area (Å²) in [6, 6.07) is 4.58. The maximum Gasteiger partial charge on any atom is 0.258 e. The first-order valence-corrected chi connectivity index (χ1v) is 7.46. The number of rotatable bonds is 1. The third kappa shape index (κ3) is 2.20. The molecule has 2 heterocycles. The normalized spacial score (nSPS) is 29.5. The molecule has 4 nitrogen and oxygen atoms in total. The van der Waals surface area contributed by atoms with Gasteiger partial charge < -0.3 is 15.1 Å². The third-order valence-electron chi connectivity index (χ3n) is 4.12. The minimum Gasteiger partial charge on any atom is -0.508 e. The van der Waals surface area contributed by atoms with Gasteiger partial charge in [-0.15, -0.1) is 0 Å². The first kappa shape index (κ1) is 12.8. The third-order valence-corrected chi connectivity index (χ3v) is 4.87. The van der Waals surface area contributed by atoms with Crippen molar-refractivity contribution in [2.45, 2.75) is 42.6 Å². The summed E-state index contributed by atoms with van der Waals surface area (Å²) in [7, 11) is 0. The predicted molar refractivity (Wildman–Crippen MR) is 74.7 cm³/mol. The van der Waals surface area contributed by atoms with E-state index in [0.717, 1.165) is 25.7 Å². The number of hydrogen-bond acceptors (Lipinski definition) is 3. The van der Waals surface area contributed by atoms with E-state index < -0.39 is 0 Å². The Labute approximate surface area is 120 Å². The van der Waals surface area contributed by atoms with Crippen LogP contribution in [-0.2, 0) is 0 Å². The lowest BCUT2D eigenvalue weighted by Gasteiger charge is -2.37. The van der Waals surface area contributed by atoms with E-state index >= 15 is 0 Å². The van der Waals surface area contributed by atoms with E-state index in [-0.39, 0.29) is 35.1 Å². The average Bonchev–Trinajstić information content (AvgIpc) is 2.64. The molecule has 0 aliphatic carbocycles. The van der Waals surface area contributed by atoms with Gasteiger partial charge in [0.1, 0.15) is 11.5 Å². The van der Waals surface area contributed by atoms with Crippen LogP contribution < -0.4 is 0 Å². The SMILES string of the molecule is O=C(c1cc(O)ccc1O)N1C2CCC1CC(Br)C2. The maximum atomic E-state index is 12.6. The van der Waals surface area contributed by atoms with Crippen molar-refractivity contribution < 1.29 is 15.0 Å². The van der Waals surface area contributed by atoms with Crippen molar-refractivity contribution in [1.29, 1.82) is 0 Å². The van der Waals surface area contributed by atoms with Gasteiger partial charge in [0.05, 0.1) is 5.56 Å². The number of phenolic OH excluding ortho intramolecular Hbond substituents is 2. The second kappa shape index (κ2) is 4.71. The van der Waals surface area contributed by atoms with Gasteiger partial charge in [-0.2, -0.15) is 0 Å². The van der Waals surface area contributed by atoms with Gasteiger partial charge in [0.15, 0.2) is 0 Å². The van der Waals surface area contributed by atoms with Crippen LogP contribution in [0.2, 0.25) is 0 Å². The Hall–Kier alpha value is -1.23. The monoisotopic (exact) mass is 325 g/mol. The van der Waals surface area contributed by atoms with Gasteiger partial charge in [-0.25, -0.2) is 0 Å². The molecule has 19 heavy (non-hydrogen) atoms. The Bertz CT molecular complexity index is 505. The highest BCUT2D eigenvalue weighted by molar-refractivity contribution is 9.09. The van der Waals surface area contributed by atoms with Gasteiger partial charge in [0, 0.05) is 16.9 Å². The fourth-order valence-electron chi connectivity index (χ4n) is 3.28. The smallest absolute Gasteiger partial charge is 0.258 e. The van der Waals surface area contributed by atoms with Crippen molar-refractivity contribution in [2.24, 2.45) is 0 Å². The molecule has 3 rings (SSSR count). The molecular weight excluding hydrogens is 310 g/mol. The molecule has 2 saturated heterocycles. The number of alkyl halides is 1. The maximum absolute atomic E-state index is 12.6. The number of fused-ring (bicyclic) bond motifs is 2. The van der Waals surface area contributed by atoms with Crippen LogP contribution in [0.3, 0.4) is 0 Å². The van der Waals surface area contributed by atoms with E-state index in [4.69, 9.17) is 0 Å². The Morgan fingerprint density at radius 3 is 2.47 bits per heavy atom. The molecule has 2 atom stereocenters. The van der Waals surface area contributed by atoms with Crippen molar-refractivity contribution in [3.63, 3.8) is 0 Å². The highest BCUT2D eigenvalue weighted by Crippen LogP contribution is 2.40. The van der Waals surface area contributed by atoms with Gasteiger partial charge in [-0.05, 0) is 43.9 Å². The molecule has 2 bridgehead atoms. The second-order valence-electron chi connectivity index (χ2n) is 5.37. The molecule has 1 amide bonds. The lowest BCUT2D eigenvalue weighted by molar-refractivity contribution is 0.0600. The number of nitrogens with zero attached hydrogens (tertiary/aromatic N) is 1. The summed E-state index contributed by atoms with van der Waals surface area (Å²) in [6.45, 7) is 0. The molecule has 0 radical (unpaired) electrons. The zero-order valence-electron chi connectivity index (χ0n) is 10.4. The van der Waals surface area contributed by atoms with E-state index in [9.17, 15) is 15.0 Å². The zero-order valence-corrected chi connectivity index (χ0v) is 12.0. The van der Waals surface area contributed by atoms with E-state index in [2.05, 4.69) is 15.9 Å². The summed E-state index contributed by atoms with van der Waals surface area (Å²) in [6.07, 6.45) is 3.97. The number of piperidine rings is 1. The van der Waals surface area contributed by atoms with E-state index in [1.165, 1.54) is 18.2 Å². The molecule has 0 spiro atoms. The van der Waals surface area contributed by atoms with Gasteiger partial charge in [0.2, 0.25) is 0 Å². The van der Waals surface area contributed by atoms with Crippen molar-refractivity contribution in [2.75, 3.05) is 0 Å². The number of carbonyl (C=O) groups is 1. The first-order chi connectivity index (χ1) is 9.06.